The van der Waals surface area contributed by atoms with Crippen LogP contribution in [0.2, 0.25) is 0 Å². The monoisotopic (exact) mass is 279 g/mol. The Morgan fingerprint density at radius 2 is 2.00 bits per heavy atom. The van der Waals surface area contributed by atoms with Gasteiger partial charge in [0, 0.05) is 12.1 Å². The van der Waals surface area contributed by atoms with E-state index in [4.69, 9.17) is 5.73 Å². The number of aromatic nitrogens is 2. The molecule has 0 unspecified atom stereocenters. The second-order valence-corrected chi connectivity index (χ2v) is 4.36. The molecular formula is C12H14BrN3. The summed E-state index contributed by atoms with van der Waals surface area (Å²) in [5.74, 6) is 0. The molecule has 4 heteroatoms. The zero-order chi connectivity index (χ0) is 11.5. The maximum Gasteiger partial charge on any atom is 0.175 e. The van der Waals surface area contributed by atoms with Crippen LogP contribution in [-0.2, 0) is 13.0 Å². The van der Waals surface area contributed by atoms with E-state index in [-0.39, 0.29) is 0 Å². The van der Waals surface area contributed by atoms with Gasteiger partial charge in [0.15, 0.2) is 4.73 Å². The molecule has 0 spiro atoms. The molecule has 0 saturated heterocycles. The molecular weight excluding hydrogens is 266 g/mol. The van der Waals surface area contributed by atoms with E-state index in [2.05, 4.69) is 57.1 Å². The number of rotatable bonds is 3. The van der Waals surface area contributed by atoms with E-state index in [1.54, 1.807) is 0 Å². The van der Waals surface area contributed by atoms with Crippen molar-refractivity contribution in [2.45, 2.75) is 19.9 Å². The minimum Gasteiger partial charge on any atom is -0.335 e. The predicted octanol–water partition coefficient (Wildman–Crippen LogP) is 2.86. The Bertz CT molecular complexity index is 474. The van der Waals surface area contributed by atoms with E-state index >= 15 is 0 Å². The predicted molar refractivity (Wildman–Crippen MR) is 69.0 cm³/mol. The Morgan fingerprint density at radius 1 is 1.31 bits per heavy atom. The first-order valence-corrected chi connectivity index (χ1v) is 6.07. The average Bonchev–Trinajstić information content (AvgIpc) is 2.70. The number of nitrogens with zero attached hydrogens (tertiary/aromatic N) is 1. The van der Waals surface area contributed by atoms with Crippen LogP contribution in [0.4, 0.5) is 0 Å². The molecule has 0 saturated carbocycles. The Labute approximate surface area is 103 Å². The number of aryl methyl sites for hydroxylation is 1. The standard InChI is InChI=1S/C12H14BrN3/c1-2-8-3-5-9(6-4-8)11-10(7-14)15-12(13)16-11/h3-6H,2,7,14H2,1H3,(H,15,16). The maximum atomic E-state index is 5.67. The highest BCUT2D eigenvalue weighted by Gasteiger charge is 2.09. The van der Waals surface area contributed by atoms with Gasteiger partial charge in [-0.3, -0.25) is 0 Å². The van der Waals surface area contributed by atoms with Crippen LogP contribution >= 0.6 is 15.9 Å². The second kappa shape index (κ2) is 4.80. The number of H-pyrrole nitrogens is 1. The van der Waals surface area contributed by atoms with Gasteiger partial charge in [-0.1, -0.05) is 31.2 Å². The second-order valence-electron chi connectivity index (χ2n) is 3.61. The van der Waals surface area contributed by atoms with Crippen LogP contribution in [0, 0.1) is 0 Å². The summed E-state index contributed by atoms with van der Waals surface area (Å²) in [5.41, 5.74) is 9.97. The first-order valence-electron chi connectivity index (χ1n) is 5.28. The molecule has 0 bridgehead atoms. The largest absolute Gasteiger partial charge is 0.335 e. The van der Waals surface area contributed by atoms with Crippen molar-refractivity contribution in [3.63, 3.8) is 0 Å². The maximum absolute atomic E-state index is 5.67. The summed E-state index contributed by atoms with van der Waals surface area (Å²) >= 11 is 3.33. The first kappa shape index (κ1) is 11.4. The van der Waals surface area contributed by atoms with Crippen LogP contribution < -0.4 is 5.73 Å². The third kappa shape index (κ3) is 2.18. The van der Waals surface area contributed by atoms with Gasteiger partial charge in [-0.25, -0.2) is 4.98 Å². The van der Waals surface area contributed by atoms with Crippen molar-refractivity contribution < 1.29 is 0 Å². The molecule has 0 amide bonds. The molecule has 0 aliphatic heterocycles. The van der Waals surface area contributed by atoms with Gasteiger partial charge in [-0.05, 0) is 27.9 Å². The van der Waals surface area contributed by atoms with Gasteiger partial charge in [-0.2, -0.15) is 0 Å². The van der Waals surface area contributed by atoms with Crippen LogP contribution in [0.3, 0.4) is 0 Å². The molecule has 0 aliphatic rings. The number of imidazole rings is 1. The van der Waals surface area contributed by atoms with Crippen molar-refractivity contribution in [2.24, 2.45) is 5.73 Å². The normalized spacial score (nSPS) is 10.7. The molecule has 1 aromatic carbocycles. The van der Waals surface area contributed by atoms with E-state index in [0.29, 0.717) is 6.54 Å². The van der Waals surface area contributed by atoms with E-state index in [1.165, 1.54) is 5.56 Å². The number of hydrogen-bond donors (Lipinski definition) is 2. The molecule has 84 valence electrons. The molecule has 0 fully saturated rings. The fourth-order valence-corrected chi connectivity index (χ4v) is 2.08. The van der Waals surface area contributed by atoms with E-state index in [1.807, 2.05) is 0 Å². The quantitative estimate of drug-likeness (QED) is 0.908. The summed E-state index contributed by atoms with van der Waals surface area (Å²) < 4.78 is 0.725. The molecule has 1 aromatic heterocycles. The molecule has 3 N–H and O–H groups in total. The summed E-state index contributed by atoms with van der Waals surface area (Å²) in [5, 5.41) is 0. The summed E-state index contributed by atoms with van der Waals surface area (Å²) in [6.45, 7) is 2.61. The molecule has 2 rings (SSSR count). The number of aromatic amines is 1. The number of benzene rings is 1. The lowest BCUT2D eigenvalue weighted by Gasteiger charge is -2.01. The van der Waals surface area contributed by atoms with Gasteiger partial charge in [0.2, 0.25) is 0 Å². The van der Waals surface area contributed by atoms with Crippen LogP contribution in [0.1, 0.15) is 18.2 Å². The summed E-state index contributed by atoms with van der Waals surface area (Å²) in [4.78, 5) is 7.49. The van der Waals surface area contributed by atoms with Crippen molar-refractivity contribution in [1.29, 1.82) is 0 Å². The van der Waals surface area contributed by atoms with Crippen molar-refractivity contribution >= 4 is 15.9 Å². The van der Waals surface area contributed by atoms with E-state index < -0.39 is 0 Å². The van der Waals surface area contributed by atoms with Crippen LogP contribution in [-0.4, -0.2) is 9.97 Å². The highest BCUT2D eigenvalue weighted by atomic mass is 79.9. The Kier molecular flexibility index (Phi) is 3.41. The summed E-state index contributed by atoms with van der Waals surface area (Å²) in [6.07, 6.45) is 1.05. The average molecular weight is 280 g/mol. The zero-order valence-corrected chi connectivity index (χ0v) is 10.7. The van der Waals surface area contributed by atoms with Gasteiger partial charge >= 0.3 is 0 Å². The van der Waals surface area contributed by atoms with Gasteiger partial charge < -0.3 is 10.7 Å². The Hall–Kier alpha value is -1.13. The topological polar surface area (TPSA) is 54.7 Å². The molecule has 3 nitrogen and oxygen atoms in total. The van der Waals surface area contributed by atoms with Crippen LogP contribution in [0.25, 0.3) is 11.3 Å². The van der Waals surface area contributed by atoms with E-state index in [9.17, 15) is 0 Å². The fraction of sp³-hybridized carbons (Fsp3) is 0.250. The minimum absolute atomic E-state index is 0.462. The molecule has 16 heavy (non-hydrogen) atoms. The number of nitrogens with two attached hydrogens (primary N) is 1. The molecule has 0 atom stereocenters. The number of halogens is 1. The van der Waals surface area contributed by atoms with E-state index in [0.717, 1.165) is 28.1 Å². The van der Waals surface area contributed by atoms with Crippen molar-refractivity contribution in [2.75, 3.05) is 0 Å². The fourth-order valence-electron chi connectivity index (χ4n) is 1.66. The van der Waals surface area contributed by atoms with Gasteiger partial charge in [0.05, 0.1) is 11.4 Å². The zero-order valence-electron chi connectivity index (χ0n) is 9.13. The minimum atomic E-state index is 0.462. The highest BCUT2D eigenvalue weighted by molar-refractivity contribution is 9.10. The lowest BCUT2D eigenvalue weighted by atomic mass is 10.1. The van der Waals surface area contributed by atoms with Crippen molar-refractivity contribution in [3.05, 3.63) is 40.3 Å². The summed E-state index contributed by atoms with van der Waals surface area (Å²) in [6, 6.07) is 8.41. The smallest absolute Gasteiger partial charge is 0.175 e. The lowest BCUT2D eigenvalue weighted by Crippen LogP contribution is -1.98. The highest BCUT2D eigenvalue weighted by Crippen LogP contribution is 2.23. The van der Waals surface area contributed by atoms with Crippen molar-refractivity contribution in [1.82, 2.24) is 9.97 Å². The van der Waals surface area contributed by atoms with Crippen LogP contribution in [0.5, 0.6) is 0 Å². The first-order chi connectivity index (χ1) is 7.74. The van der Waals surface area contributed by atoms with Gasteiger partial charge in [0.25, 0.3) is 0 Å². The lowest BCUT2D eigenvalue weighted by molar-refractivity contribution is 1.01. The summed E-state index contributed by atoms with van der Waals surface area (Å²) in [7, 11) is 0. The SMILES string of the molecule is CCc1ccc(-c2nc(Br)[nH]c2CN)cc1. The third-order valence-electron chi connectivity index (χ3n) is 2.59. The van der Waals surface area contributed by atoms with Gasteiger partial charge in [0.1, 0.15) is 0 Å². The Morgan fingerprint density at radius 3 is 2.56 bits per heavy atom. The molecule has 2 aromatic rings. The molecule has 0 aliphatic carbocycles. The third-order valence-corrected chi connectivity index (χ3v) is 2.97. The molecule has 1 heterocycles. The van der Waals surface area contributed by atoms with Crippen molar-refractivity contribution in [3.8, 4) is 11.3 Å². The van der Waals surface area contributed by atoms with Gasteiger partial charge in [-0.15, -0.1) is 0 Å². The number of nitrogens with one attached hydrogen (secondary N) is 1. The molecule has 0 radical (unpaired) electrons. The number of hydrogen-bond acceptors (Lipinski definition) is 2. The Balaban J connectivity index is 2.41. The van der Waals surface area contributed by atoms with Crippen LogP contribution in [0.15, 0.2) is 29.0 Å².